The molecule has 0 radical (unpaired) electrons. The topological polar surface area (TPSA) is 64.7 Å². The molecule has 0 saturated carbocycles. The second-order valence-corrected chi connectivity index (χ2v) is 4.52. The summed E-state index contributed by atoms with van der Waals surface area (Å²) in [5.41, 5.74) is 6.63. The summed E-state index contributed by atoms with van der Waals surface area (Å²) >= 11 is 3.48. The zero-order valence-electron chi connectivity index (χ0n) is 9.52. The molecule has 0 saturated heterocycles. The van der Waals surface area contributed by atoms with E-state index in [2.05, 4.69) is 37.8 Å². The number of nitrogen functional groups attached to an aromatic ring is 1. The molecule has 1 aromatic heterocycles. The molecule has 0 aliphatic rings. The van der Waals surface area contributed by atoms with Gasteiger partial charge in [0.2, 0.25) is 5.95 Å². The molecule has 1 heterocycles. The van der Waals surface area contributed by atoms with Crippen molar-refractivity contribution in [3.05, 3.63) is 34.6 Å². The third-order valence-corrected chi connectivity index (χ3v) is 2.98. The van der Waals surface area contributed by atoms with Crippen molar-refractivity contribution in [1.82, 2.24) is 15.0 Å². The molecule has 17 heavy (non-hydrogen) atoms. The Balaban J connectivity index is 2.48. The van der Waals surface area contributed by atoms with E-state index in [0.29, 0.717) is 5.82 Å². The lowest BCUT2D eigenvalue weighted by atomic mass is 10.2. The summed E-state index contributed by atoms with van der Waals surface area (Å²) in [6.07, 6.45) is 1.79. The summed E-state index contributed by atoms with van der Waals surface area (Å²) in [5, 5.41) is 0. The Labute approximate surface area is 108 Å². The molecule has 0 bridgehead atoms. The lowest BCUT2D eigenvalue weighted by molar-refractivity contribution is 0.824. The van der Waals surface area contributed by atoms with E-state index in [1.54, 1.807) is 0 Å². The maximum absolute atomic E-state index is 5.70. The Bertz CT molecular complexity index is 528. The SMILES string of the molecule is CCCc1nc(N)nc(-c2ccccc2Br)n1. The van der Waals surface area contributed by atoms with Gasteiger partial charge in [0, 0.05) is 16.5 Å². The van der Waals surface area contributed by atoms with Crippen LogP contribution in [0.15, 0.2) is 28.7 Å². The van der Waals surface area contributed by atoms with Crippen LogP contribution >= 0.6 is 15.9 Å². The number of anilines is 1. The number of aryl methyl sites for hydroxylation is 1. The van der Waals surface area contributed by atoms with E-state index in [4.69, 9.17) is 5.73 Å². The largest absolute Gasteiger partial charge is 0.368 e. The predicted molar refractivity (Wildman–Crippen MR) is 71.4 cm³/mol. The Hall–Kier alpha value is -1.49. The van der Waals surface area contributed by atoms with Gasteiger partial charge in [-0.1, -0.05) is 41.1 Å². The number of rotatable bonds is 3. The van der Waals surface area contributed by atoms with Crippen molar-refractivity contribution in [2.75, 3.05) is 5.73 Å². The van der Waals surface area contributed by atoms with Crippen molar-refractivity contribution in [3.8, 4) is 11.4 Å². The van der Waals surface area contributed by atoms with Crippen molar-refractivity contribution in [1.29, 1.82) is 0 Å². The number of hydrogen-bond donors (Lipinski definition) is 1. The minimum Gasteiger partial charge on any atom is -0.368 e. The van der Waals surface area contributed by atoms with Crippen LogP contribution in [0.1, 0.15) is 19.2 Å². The Morgan fingerprint density at radius 3 is 2.65 bits per heavy atom. The molecule has 1 aromatic carbocycles. The number of nitrogens with zero attached hydrogens (tertiary/aromatic N) is 3. The van der Waals surface area contributed by atoms with E-state index in [9.17, 15) is 0 Å². The van der Waals surface area contributed by atoms with Gasteiger partial charge in [0.25, 0.3) is 0 Å². The molecule has 5 heteroatoms. The first kappa shape index (κ1) is 12.0. The molecule has 0 aliphatic carbocycles. The lowest BCUT2D eigenvalue weighted by Crippen LogP contribution is -2.05. The van der Waals surface area contributed by atoms with Gasteiger partial charge in [0.15, 0.2) is 5.82 Å². The minimum absolute atomic E-state index is 0.272. The summed E-state index contributed by atoms with van der Waals surface area (Å²) in [7, 11) is 0. The highest BCUT2D eigenvalue weighted by molar-refractivity contribution is 9.10. The fourth-order valence-electron chi connectivity index (χ4n) is 1.54. The molecule has 4 nitrogen and oxygen atoms in total. The average Bonchev–Trinajstić information content (AvgIpc) is 2.29. The summed E-state index contributed by atoms with van der Waals surface area (Å²) in [5.74, 6) is 1.63. The molecular formula is C12H13BrN4. The molecule has 2 aromatic rings. The van der Waals surface area contributed by atoms with Gasteiger partial charge in [0.1, 0.15) is 5.82 Å². The second kappa shape index (κ2) is 5.23. The van der Waals surface area contributed by atoms with Crippen molar-refractivity contribution < 1.29 is 0 Å². The van der Waals surface area contributed by atoms with Crippen LogP contribution in [0, 0.1) is 0 Å². The number of hydrogen-bond acceptors (Lipinski definition) is 4. The molecule has 2 rings (SSSR count). The van der Waals surface area contributed by atoms with Crippen LogP contribution in [0.3, 0.4) is 0 Å². The second-order valence-electron chi connectivity index (χ2n) is 3.66. The van der Waals surface area contributed by atoms with E-state index in [-0.39, 0.29) is 5.95 Å². The Morgan fingerprint density at radius 2 is 1.94 bits per heavy atom. The third-order valence-electron chi connectivity index (χ3n) is 2.29. The van der Waals surface area contributed by atoms with Crippen molar-refractivity contribution in [2.45, 2.75) is 19.8 Å². The maximum atomic E-state index is 5.70. The van der Waals surface area contributed by atoms with Crippen LogP contribution in [0.25, 0.3) is 11.4 Å². The lowest BCUT2D eigenvalue weighted by Gasteiger charge is -2.05. The summed E-state index contributed by atoms with van der Waals surface area (Å²) in [6.45, 7) is 2.08. The standard InChI is InChI=1S/C12H13BrN4/c1-2-5-10-15-11(17-12(14)16-10)8-6-3-4-7-9(8)13/h3-4,6-7H,2,5H2,1H3,(H2,14,15,16,17). The maximum Gasteiger partial charge on any atom is 0.223 e. The summed E-state index contributed by atoms with van der Waals surface area (Å²) < 4.78 is 0.952. The van der Waals surface area contributed by atoms with Crippen molar-refractivity contribution >= 4 is 21.9 Å². The molecule has 0 amide bonds. The van der Waals surface area contributed by atoms with E-state index in [1.165, 1.54) is 0 Å². The molecule has 0 atom stereocenters. The zero-order valence-corrected chi connectivity index (χ0v) is 11.1. The van der Waals surface area contributed by atoms with Gasteiger partial charge in [-0.3, -0.25) is 0 Å². The average molecular weight is 293 g/mol. The summed E-state index contributed by atoms with van der Waals surface area (Å²) in [4.78, 5) is 12.7. The van der Waals surface area contributed by atoms with Crippen LogP contribution in [0.5, 0.6) is 0 Å². The fourth-order valence-corrected chi connectivity index (χ4v) is 2.00. The zero-order chi connectivity index (χ0) is 12.3. The van der Waals surface area contributed by atoms with Crippen molar-refractivity contribution in [3.63, 3.8) is 0 Å². The number of halogens is 1. The van der Waals surface area contributed by atoms with Crippen LogP contribution in [0.2, 0.25) is 0 Å². The normalized spacial score (nSPS) is 10.5. The highest BCUT2D eigenvalue weighted by Gasteiger charge is 2.08. The molecule has 2 N–H and O–H groups in total. The van der Waals surface area contributed by atoms with Gasteiger partial charge in [-0.05, 0) is 12.5 Å². The third kappa shape index (κ3) is 2.79. The first-order valence-electron chi connectivity index (χ1n) is 5.46. The van der Waals surface area contributed by atoms with Gasteiger partial charge in [-0.25, -0.2) is 4.98 Å². The first-order chi connectivity index (χ1) is 8.20. The van der Waals surface area contributed by atoms with Crippen LogP contribution in [0.4, 0.5) is 5.95 Å². The van der Waals surface area contributed by atoms with E-state index in [0.717, 1.165) is 28.7 Å². The van der Waals surface area contributed by atoms with Gasteiger partial charge in [0.05, 0.1) is 0 Å². The van der Waals surface area contributed by atoms with Crippen LogP contribution < -0.4 is 5.73 Å². The van der Waals surface area contributed by atoms with Crippen LogP contribution in [-0.4, -0.2) is 15.0 Å². The molecule has 88 valence electrons. The quantitative estimate of drug-likeness (QED) is 0.945. The summed E-state index contributed by atoms with van der Waals surface area (Å²) in [6, 6.07) is 7.80. The molecule has 0 fully saturated rings. The highest BCUT2D eigenvalue weighted by atomic mass is 79.9. The van der Waals surface area contributed by atoms with E-state index < -0.39 is 0 Å². The highest BCUT2D eigenvalue weighted by Crippen LogP contribution is 2.25. The minimum atomic E-state index is 0.272. The van der Waals surface area contributed by atoms with Gasteiger partial charge in [-0.2, -0.15) is 9.97 Å². The number of benzene rings is 1. The Kier molecular flexibility index (Phi) is 3.68. The monoisotopic (exact) mass is 292 g/mol. The number of aromatic nitrogens is 3. The first-order valence-corrected chi connectivity index (χ1v) is 6.25. The van der Waals surface area contributed by atoms with E-state index >= 15 is 0 Å². The van der Waals surface area contributed by atoms with Crippen LogP contribution in [-0.2, 0) is 6.42 Å². The smallest absolute Gasteiger partial charge is 0.223 e. The molecular weight excluding hydrogens is 280 g/mol. The van der Waals surface area contributed by atoms with Crippen molar-refractivity contribution in [2.24, 2.45) is 0 Å². The van der Waals surface area contributed by atoms with Gasteiger partial charge >= 0.3 is 0 Å². The molecule has 0 unspecified atom stereocenters. The Morgan fingerprint density at radius 1 is 1.18 bits per heavy atom. The predicted octanol–water partition coefficient (Wildman–Crippen LogP) is 2.84. The fraction of sp³-hybridized carbons (Fsp3) is 0.250. The molecule has 0 aliphatic heterocycles. The number of nitrogens with two attached hydrogens (primary N) is 1. The molecule has 0 spiro atoms. The van der Waals surface area contributed by atoms with E-state index in [1.807, 2.05) is 24.3 Å². The van der Waals surface area contributed by atoms with Gasteiger partial charge in [-0.15, -0.1) is 0 Å². The van der Waals surface area contributed by atoms with Gasteiger partial charge < -0.3 is 5.73 Å².